The van der Waals surface area contributed by atoms with Crippen molar-refractivity contribution in [3.05, 3.63) is 63.9 Å². The molecule has 0 fully saturated rings. The van der Waals surface area contributed by atoms with Gasteiger partial charge in [0.25, 0.3) is 0 Å². The van der Waals surface area contributed by atoms with E-state index >= 15 is 0 Å². The van der Waals surface area contributed by atoms with Crippen molar-refractivity contribution in [3.63, 3.8) is 0 Å². The molecule has 0 aliphatic rings. The van der Waals surface area contributed by atoms with Crippen molar-refractivity contribution in [1.82, 2.24) is 4.98 Å². The highest BCUT2D eigenvalue weighted by Gasteiger charge is 2.13. The lowest BCUT2D eigenvalue weighted by molar-refractivity contribution is 0.547. The average Bonchev–Trinajstić information content (AvgIpc) is 2.83. The van der Waals surface area contributed by atoms with Crippen LogP contribution in [0.25, 0.3) is 22.7 Å². The fourth-order valence-electron chi connectivity index (χ4n) is 1.90. The first-order valence-corrected chi connectivity index (χ1v) is 7.11. The lowest BCUT2D eigenvalue weighted by atomic mass is 10.1. The minimum atomic E-state index is 0.667. The van der Waals surface area contributed by atoms with Gasteiger partial charge in [-0.2, -0.15) is 0 Å². The lowest BCUT2D eigenvalue weighted by Gasteiger charge is -1.97. The molecular weight excluding hydrogens is 349 g/mol. The van der Waals surface area contributed by atoms with Gasteiger partial charge in [0, 0.05) is 33.7 Å². The molecule has 0 atom stereocenters. The Hall–Kier alpha value is -1.62. The maximum absolute atomic E-state index is 5.76. The minimum Gasteiger partial charge on any atom is -0.430 e. The van der Waals surface area contributed by atoms with Crippen molar-refractivity contribution in [2.24, 2.45) is 0 Å². The van der Waals surface area contributed by atoms with Gasteiger partial charge in [-0.05, 0) is 19.1 Å². The van der Waals surface area contributed by atoms with Crippen LogP contribution in [0.5, 0.6) is 0 Å². The third kappa shape index (κ3) is 2.56. The van der Waals surface area contributed by atoms with Crippen LogP contribution in [0.2, 0.25) is 0 Å². The summed E-state index contributed by atoms with van der Waals surface area (Å²) in [6, 6.07) is 18.3. The first-order chi connectivity index (χ1) is 9.24. The van der Waals surface area contributed by atoms with E-state index < -0.39 is 0 Å². The molecule has 0 aliphatic carbocycles. The number of rotatable bonds is 2. The van der Waals surface area contributed by atoms with Crippen LogP contribution in [0, 0.1) is 10.7 Å². The monoisotopic (exact) mass is 361 g/mol. The zero-order chi connectivity index (χ0) is 13.2. The Bertz CT molecular complexity index is 687. The summed E-state index contributed by atoms with van der Waals surface area (Å²) in [5.41, 5.74) is 4.23. The number of hydrogen-bond acceptors (Lipinski definition) is 2. The summed E-state index contributed by atoms with van der Waals surface area (Å²) in [7, 11) is 0. The van der Waals surface area contributed by atoms with E-state index in [1.807, 2.05) is 30.3 Å². The van der Waals surface area contributed by atoms with Crippen molar-refractivity contribution in [1.29, 1.82) is 0 Å². The number of hydrogen-bond donors (Lipinski definition) is 0. The van der Waals surface area contributed by atoms with Gasteiger partial charge in [0.2, 0.25) is 5.89 Å². The maximum Gasteiger partial charge on any atom is 0.228 e. The van der Waals surface area contributed by atoms with E-state index in [4.69, 9.17) is 4.42 Å². The second-order valence-electron chi connectivity index (χ2n) is 4.37. The molecule has 3 aromatic rings. The standard InChI is InChI=1S/C16H12INO/c1-11-7-9-12(10-8-11)14-15(17)19-16(18-14)13-5-3-2-4-6-13/h2-10H,1H3. The van der Waals surface area contributed by atoms with Gasteiger partial charge in [-0.3, -0.25) is 0 Å². The molecule has 0 saturated carbocycles. The Labute approximate surface area is 125 Å². The summed E-state index contributed by atoms with van der Waals surface area (Å²) in [4.78, 5) is 4.61. The number of oxazole rings is 1. The second kappa shape index (κ2) is 5.17. The van der Waals surface area contributed by atoms with E-state index in [1.54, 1.807) is 0 Å². The first-order valence-electron chi connectivity index (χ1n) is 6.03. The Balaban J connectivity index is 2.05. The van der Waals surface area contributed by atoms with Crippen molar-refractivity contribution in [2.45, 2.75) is 6.92 Å². The van der Waals surface area contributed by atoms with Gasteiger partial charge in [0.1, 0.15) is 5.69 Å². The molecule has 3 heteroatoms. The van der Waals surface area contributed by atoms with Crippen LogP contribution in [0.15, 0.2) is 59.0 Å². The van der Waals surface area contributed by atoms with Crippen LogP contribution < -0.4 is 0 Å². The number of benzene rings is 2. The summed E-state index contributed by atoms with van der Waals surface area (Å²) in [6.45, 7) is 2.08. The summed E-state index contributed by atoms with van der Waals surface area (Å²) in [5, 5.41) is 0. The molecule has 0 spiro atoms. The van der Waals surface area contributed by atoms with E-state index in [1.165, 1.54) is 5.56 Å². The molecule has 1 heterocycles. The van der Waals surface area contributed by atoms with E-state index in [2.05, 4.69) is 58.8 Å². The summed E-state index contributed by atoms with van der Waals surface area (Å²) < 4.78 is 6.58. The highest BCUT2D eigenvalue weighted by Crippen LogP contribution is 2.29. The third-order valence-electron chi connectivity index (χ3n) is 2.93. The Morgan fingerprint density at radius 2 is 1.58 bits per heavy atom. The minimum absolute atomic E-state index is 0.667. The molecule has 0 radical (unpaired) electrons. The van der Waals surface area contributed by atoms with Crippen LogP contribution in [0.3, 0.4) is 0 Å². The molecular formula is C16H12INO. The van der Waals surface area contributed by atoms with E-state index in [9.17, 15) is 0 Å². The molecule has 94 valence electrons. The first kappa shape index (κ1) is 12.4. The third-order valence-corrected chi connectivity index (χ3v) is 3.66. The molecule has 0 amide bonds. The summed E-state index contributed by atoms with van der Waals surface area (Å²) in [6.07, 6.45) is 0. The van der Waals surface area contributed by atoms with Crippen LogP contribution in [-0.2, 0) is 0 Å². The number of nitrogens with zero attached hydrogens (tertiary/aromatic N) is 1. The molecule has 3 rings (SSSR count). The zero-order valence-corrected chi connectivity index (χ0v) is 12.6. The highest BCUT2D eigenvalue weighted by atomic mass is 127. The molecule has 1 aromatic heterocycles. The quantitative estimate of drug-likeness (QED) is 0.606. The van der Waals surface area contributed by atoms with E-state index in [0.717, 1.165) is 20.6 Å². The van der Waals surface area contributed by atoms with Gasteiger partial charge < -0.3 is 4.42 Å². The Morgan fingerprint density at radius 3 is 2.26 bits per heavy atom. The molecule has 0 saturated heterocycles. The van der Waals surface area contributed by atoms with Crippen LogP contribution in [-0.4, -0.2) is 4.98 Å². The fourth-order valence-corrected chi connectivity index (χ4v) is 2.54. The van der Waals surface area contributed by atoms with E-state index in [-0.39, 0.29) is 0 Å². The van der Waals surface area contributed by atoms with Crippen molar-refractivity contribution in [2.75, 3.05) is 0 Å². The number of halogens is 1. The molecule has 0 unspecified atom stereocenters. The second-order valence-corrected chi connectivity index (χ2v) is 5.35. The van der Waals surface area contributed by atoms with Gasteiger partial charge in [0.15, 0.2) is 3.77 Å². The predicted molar refractivity (Wildman–Crippen MR) is 84.8 cm³/mol. The lowest BCUT2D eigenvalue weighted by Crippen LogP contribution is -1.81. The molecule has 19 heavy (non-hydrogen) atoms. The van der Waals surface area contributed by atoms with Crippen molar-refractivity contribution in [3.8, 4) is 22.7 Å². The zero-order valence-electron chi connectivity index (χ0n) is 10.4. The van der Waals surface area contributed by atoms with Gasteiger partial charge >= 0.3 is 0 Å². The van der Waals surface area contributed by atoms with Crippen LogP contribution in [0.4, 0.5) is 0 Å². The highest BCUT2D eigenvalue weighted by molar-refractivity contribution is 14.1. The van der Waals surface area contributed by atoms with Gasteiger partial charge in [0.05, 0.1) is 0 Å². The molecule has 0 bridgehead atoms. The predicted octanol–water partition coefficient (Wildman–Crippen LogP) is 4.92. The largest absolute Gasteiger partial charge is 0.430 e. The molecule has 2 aromatic carbocycles. The molecule has 0 aliphatic heterocycles. The van der Waals surface area contributed by atoms with Gasteiger partial charge in [-0.1, -0.05) is 48.0 Å². The normalized spacial score (nSPS) is 10.6. The van der Waals surface area contributed by atoms with Crippen LogP contribution >= 0.6 is 22.6 Å². The molecule has 0 N–H and O–H groups in total. The maximum atomic E-state index is 5.76. The van der Waals surface area contributed by atoms with E-state index in [0.29, 0.717) is 5.89 Å². The average molecular weight is 361 g/mol. The van der Waals surface area contributed by atoms with Crippen molar-refractivity contribution < 1.29 is 4.42 Å². The smallest absolute Gasteiger partial charge is 0.228 e. The van der Waals surface area contributed by atoms with Gasteiger partial charge in [-0.25, -0.2) is 4.98 Å². The number of aromatic nitrogens is 1. The Morgan fingerprint density at radius 1 is 0.895 bits per heavy atom. The van der Waals surface area contributed by atoms with Crippen LogP contribution in [0.1, 0.15) is 5.56 Å². The fraction of sp³-hybridized carbons (Fsp3) is 0.0625. The Kier molecular flexibility index (Phi) is 3.38. The molecule has 2 nitrogen and oxygen atoms in total. The topological polar surface area (TPSA) is 26.0 Å². The van der Waals surface area contributed by atoms with Crippen molar-refractivity contribution >= 4 is 22.6 Å². The number of aryl methyl sites for hydroxylation is 1. The van der Waals surface area contributed by atoms with Gasteiger partial charge in [-0.15, -0.1) is 0 Å². The summed E-state index contributed by atoms with van der Waals surface area (Å²) in [5.74, 6) is 0.667. The SMILES string of the molecule is Cc1ccc(-c2nc(-c3ccccc3)oc2I)cc1. The summed E-state index contributed by atoms with van der Waals surface area (Å²) >= 11 is 2.19.